The van der Waals surface area contributed by atoms with Gasteiger partial charge in [-0.15, -0.1) is 24.0 Å². The van der Waals surface area contributed by atoms with Crippen LogP contribution in [-0.4, -0.2) is 0 Å². The van der Waals surface area contributed by atoms with Gasteiger partial charge in [-0.05, 0) is 35.4 Å². The number of hydrogen-bond donors (Lipinski definition) is 1. The van der Waals surface area contributed by atoms with E-state index < -0.39 is 0 Å². The van der Waals surface area contributed by atoms with Crippen LogP contribution in [0.3, 0.4) is 0 Å². The lowest BCUT2D eigenvalue weighted by atomic mass is 10.1. The van der Waals surface area contributed by atoms with Crippen LogP contribution in [0.4, 0.5) is 0 Å². The quantitative estimate of drug-likeness (QED) is 0.655. The number of nitriles is 1. The normalized spacial score (nSPS) is 10.2. The van der Waals surface area contributed by atoms with Crippen molar-refractivity contribution in [3.63, 3.8) is 0 Å². The zero-order valence-electron chi connectivity index (χ0n) is 7.03. The first-order valence-corrected chi connectivity index (χ1v) is 5.16. The van der Waals surface area contributed by atoms with E-state index in [0.717, 1.165) is 10.5 Å². The molecule has 1 nitrogen and oxygen atoms in total. The van der Waals surface area contributed by atoms with E-state index in [0.29, 0.717) is 5.56 Å². The molecule has 0 aliphatic carbocycles. The molecule has 0 radical (unpaired) electrons. The van der Waals surface area contributed by atoms with Gasteiger partial charge in [-0.25, -0.2) is 0 Å². The predicted octanol–water partition coefficient (Wildman–Crippen LogP) is 3.37. The molecule has 0 unspecified atom stereocenters. The third kappa shape index (κ3) is 1.23. The summed E-state index contributed by atoms with van der Waals surface area (Å²) in [4.78, 5) is 0.769. The maximum absolute atomic E-state index is 8.90. The van der Waals surface area contributed by atoms with E-state index in [1.165, 1.54) is 10.1 Å². The average molecular weight is 205 g/mol. The predicted molar refractivity (Wildman–Crippen MR) is 58.5 cm³/mol. The molecule has 0 bridgehead atoms. The van der Waals surface area contributed by atoms with E-state index in [1.54, 1.807) is 11.3 Å². The molecule has 64 valence electrons. The van der Waals surface area contributed by atoms with Crippen LogP contribution >= 0.6 is 24.0 Å². The van der Waals surface area contributed by atoms with E-state index in [4.69, 9.17) is 5.26 Å². The minimum Gasteiger partial charge on any atom is -0.192 e. The first-order chi connectivity index (χ1) is 6.24. The van der Waals surface area contributed by atoms with Crippen LogP contribution in [0.1, 0.15) is 11.1 Å². The lowest BCUT2D eigenvalue weighted by Crippen LogP contribution is -1.84. The Morgan fingerprint density at radius 2 is 2.31 bits per heavy atom. The summed E-state index contributed by atoms with van der Waals surface area (Å²) in [6.45, 7) is 1.97. The monoisotopic (exact) mass is 205 g/mol. The highest BCUT2D eigenvalue weighted by Crippen LogP contribution is 2.30. The van der Waals surface area contributed by atoms with Crippen molar-refractivity contribution in [1.29, 1.82) is 5.26 Å². The van der Waals surface area contributed by atoms with Gasteiger partial charge in [-0.2, -0.15) is 5.26 Å². The number of thiol groups is 1. The molecule has 0 atom stereocenters. The van der Waals surface area contributed by atoms with E-state index in [9.17, 15) is 0 Å². The summed E-state index contributed by atoms with van der Waals surface area (Å²) in [5.74, 6) is 0. The van der Waals surface area contributed by atoms with Gasteiger partial charge in [0.25, 0.3) is 0 Å². The smallest absolute Gasteiger partial charge is 0.101 e. The number of thiophene rings is 1. The maximum atomic E-state index is 8.90. The van der Waals surface area contributed by atoms with Gasteiger partial charge in [0.15, 0.2) is 0 Å². The summed E-state index contributed by atoms with van der Waals surface area (Å²) in [5, 5.41) is 12.1. The molecule has 2 aromatic rings. The molecule has 2 rings (SSSR count). The van der Waals surface area contributed by atoms with Gasteiger partial charge in [-0.3, -0.25) is 0 Å². The number of aryl methyl sites for hydroxylation is 1. The van der Waals surface area contributed by atoms with E-state index in [-0.39, 0.29) is 0 Å². The zero-order valence-corrected chi connectivity index (χ0v) is 8.75. The van der Waals surface area contributed by atoms with Gasteiger partial charge in [-0.1, -0.05) is 0 Å². The van der Waals surface area contributed by atoms with Crippen LogP contribution in [-0.2, 0) is 0 Å². The molecule has 0 amide bonds. The summed E-state index contributed by atoms with van der Waals surface area (Å²) in [7, 11) is 0. The molecule has 3 heteroatoms. The van der Waals surface area contributed by atoms with Crippen LogP contribution in [0.2, 0.25) is 0 Å². The fraction of sp³-hybridized carbons (Fsp3) is 0.100. The average Bonchev–Trinajstić information content (AvgIpc) is 2.53. The molecule has 0 saturated heterocycles. The van der Waals surface area contributed by atoms with E-state index in [2.05, 4.69) is 18.7 Å². The minimum absolute atomic E-state index is 0.693. The Morgan fingerprint density at radius 1 is 1.54 bits per heavy atom. The summed E-state index contributed by atoms with van der Waals surface area (Å²) in [6, 6.07) is 6.17. The lowest BCUT2D eigenvalue weighted by Gasteiger charge is -2.01. The van der Waals surface area contributed by atoms with Crippen molar-refractivity contribution < 1.29 is 0 Å². The molecule has 0 N–H and O–H groups in total. The number of fused-ring (bicyclic) bond motifs is 1. The van der Waals surface area contributed by atoms with Crippen molar-refractivity contribution >= 4 is 34.1 Å². The van der Waals surface area contributed by atoms with Gasteiger partial charge >= 0.3 is 0 Å². The van der Waals surface area contributed by atoms with Crippen molar-refractivity contribution in [2.45, 2.75) is 11.8 Å². The second-order valence-electron chi connectivity index (χ2n) is 2.85. The Morgan fingerprint density at radius 3 is 3.00 bits per heavy atom. The number of hydrogen-bond acceptors (Lipinski definition) is 3. The molecule has 1 aromatic heterocycles. The Kier molecular flexibility index (Phi) is 2.03. The van der Waals surface area contributed by atoms with Gasteiger partial charge in [0.2, 0.25) is 0 Å². The van der Waals surface area contributed by atoms with Crippen molar-refractivity contribution in [3.8, 4) is 6.07 Å². The Bertz CT molecular complexity index is 505. The van der Waals surface area contributed by atoms with Crippen molar-refractivity contribution in [3.05, 3.63) is 28.6 Å². The van der Waals surface area contributed by atoms with Crippen LogP contribution in [0.25, 0.3) is 10.1 Å². The molecule has 0 spiro atoms. The SMILES string of the molecule is Cc1c(C#N)c(S)cc2ccsc12. The molecule has 0 saturated carbocycles. The second kappa shape index (κ2) is 3.06. The zero-order chi connectivity index (χ0) is 9.42. The third-order valence-corrected chi connectivity index (χ3v) is 3.47. The Labute approximate surface area is 86.0 Å². The Balaban J connectivity index is 2.95. The summed E-state index contributed by atoms with van der Waals surface area (Å²) >= 11 is 5.95. The first kappa shape index (κ1) is 8.61. The molecule has 0 aliphatic rings. The number of benzene rings is 1. The second-order valence-corrected chi connectivity index (χ2v) is 4.24. The fourth-order valence-corrected chi connectivity index (χ4v) is 2.65. The number of rotatable bonds is 0. The molecule has 13 heavy (non-hydrogen) atoms. The number of nitrogens with zero attached hydrogens (tertiary/aromatic N) is 1. The van der Waals surface area contributed by atoms with Crippen LogP contribution in [0.5, 0.6) is 0 Å². The molecule has 1 heterocycles. The molecule has 1 aromatic carbocycles. The highest BCUT2D eigenvalue weighted by Gasteiger charge is 2.07. The van der Waals surface area contributed by atoms with Crippen LogP contribution in [0, 0.1) is 18.3 Å². The third-order valence-electron chi connectivity index (χ3n) is 2.07. The van der Waals surface area contributed by atoms with E-state index in [1.807, 2.05) is 24.4 Å². The van der Waals surface area contributed by atoms with Crippen molar-refractivity contribution in [2.75, 3.05) is 0 Å². The fourth-order valence-electron chi connectivity index (χ4n) is 1.40. The van der Waals surface area contributed by atoms with Gasteiger partial charge in [0, 0.05) is 9.60 Å². The maximum Gasteiger partial charge on any atom is 0.101 e. The van der Waals surface area contributed by atoms with E-state index >= 15 is 0 Å². The minimum atomic E-state index is 0.693. The van der Waals surface area contributed by atoms with Crippen LogP contribution < -0.4 is 0 Å². The van der Waals surface area contributed by atoms with Crippen molar-refractivity contribution in [1.82, 2.24) is 0 Å². The standard InChI is InChI=1S/C10H7NS2/c1-6-8(5-11)9(12)4-7-2-3-13-10(6)7/h2-4,12H,1H3. The van der Waals surface area contributed by atoms with Gasteiger partial charge in [0.05, 0.1) is 5.56 Å². The largest absolute Gasteiger partial charge is 0.192 e. The molecule has 0 aliphatic heterocycles. The highest BCUT2D eigenvalue weighted by atomic mass is 32.1. The lowest BCUT2D eigenvalue weighted by molar-refractivity contribution is 1.34. The van der Waals surface area contributed by atoms with Crippen LogP contribution in [0.15, 0.2) is 22.4 Å². The summed E-state index contributed by atoms with van der Waals surface area (Å²) in [6.07, 6.45) is 0. The van der Waals surface area contributed by atoms with Crippen molar-refractivity contribution in [2.24, 2.45) is 0 Å². The molecular weight excluding hydrogens is 198 g/mol. The molecular formula is C10H7NS2. The Hall–Kier alpha value is -0.980. The van der Waals surface area contributed by atoms with Gasteiger partial charge in [0.1, 0.15) is 6.07 Å². The highest BCUT2D eigenvalue weighted by molar-refractivity contribution is 7.80. The molecule has 0 fully saturated rings. The summed E-state index contributed by atoms with van der Waals surface area (Å²) in [5.41, 5.74) is 1.73. The summed E-state index contributed by atoms with van der Waals surface area (Å²) < 4.78 is 1.19. The first-order valence-electron chi connectivity index (χ1n) is 3.84. The van der Waals surface area contributed by atoms with Gasteiger partial charge < -0.3 is 0 Å². The topological polar surface area (TPSA) is 23.8 Å².